The van der Waals surface area contributed by atoms with Crippen LogP contribution in [0.2, 0.25) is 0 Å². The molecule has 0 bridgehead atoms. The zero-order valence-corrected chi connectivity index (χ0v) is 17.9. The van der Waals surface area contributed by atoms with Crippen molar-refractivity contribution in [3.63, 3.8) is 0 Å². The van der Waals surface area contributed by atoms with Crippen molar-refractivity contribution in [3.05, 3.63) is 0 Å². The second-order valence-corrected chi connectivity index (χ2v) is 11.3. The average Bonchev–Trinajstić information content (AvgIpc) is 3.23. The van der Waals surface area contributed by atoms with Crippen LogP contribution in [0.3, 0.4) is 0 Å². The van der Waals surface area contributed by atoms with E-state index >= 15 is 0 Å². The Morgan fingerprint density at radius 1 is 0.852 bits per heavy atom. The highest BCUT2D eigenvalue weighted by Gasteiger charge is 2.70. The molecule has 0 radical (unpaired) electrons. The molecule has 3 saturated heterocycles. The fraction of sp³-hybridized carbons (Fsp3) is 1.00. The van der Waals surface area contributed by atoms with E-state index in [0.717, 1.165) is 32.7 Å². The van der Waals surface area contributed by atoms with E-state index in [1.54, 1.807) is 0 Å². The van der Waals surface area contributed by atoms with Gasteiger partial charge in [0, 0.05) is 23.9 Å². The van der Waals surface area contributed by atoms with Crippen molar-refractivity contribution >= 4 is 0 Å². The fourth-order valence-corrected chi connectivity index (χ4v) is 7.86. The van der Waals surface area contributed by atoms with Gasteiger partial charge < -0.3 is 18.9 Å². The van der Waals surface area contributed by atoms with Crippen LogP contribution in [0.5, 0.6) is 0 Å². The molecule has 3 aliphatic heterocycles. The van der Waals surface area contributed by atoms with Crippen LogP contribution in [-0.4, -0.2) is 42.9 Å². The van der Waals surface area contributed by atoms with E-state index in [4.69, 9.17) is 18.9 Å². The molecule has 0 amide bonds. The van der Waals surface area contributed by atoms with Gasteiger partial charge in [-0.2, -0.15) is 0 Å². The minimum Gasteiger partial charge on any atom is -0.378 e. The summed E-state index contributed by atoms with van der Waals surface area (Å²) in [5, 5.41) is 0. The highest BCUT2D eigenvalue weighted by Crippen LogP contribution is 2.69. The van der Waals surface area contributed by atoms with Crippen molar-refractivity contribution in [2.45, 2.75) is 103 Å². The Morgan fingerprint density at radius 2 is 1.67 bits per heavy atom. The Balaban J connectivity index is 1.51. The smallest absolute Gasteiger partial charge is 0.163 e. The summed E-state index contributed by atoms with van der Waals surface area (Å²) in [7, 11) is 0. The van der Waals surface area contributed by atoms with Gasteiger partial charge in [0.1, 0.15) is 0 Å². The highest BCUT2D eigenvalue weighted by atomic mass is 16.7. The Kier molecular flexibility index (Phi) is 3.99. The Labute approximate surface area is 164 Å². The summed E-state index contributed by atoms with van der Waals surface area (Å²) in [6.07, 6.45) is 8.58. The molecule has 4 nitrogen and oxygen atoms in total. The molecule has 5 aliphatic rings. The molecule has 7 atom stereocenters. The van der Waals surface area contributed by atoms with Crippen molar-refractivity contribution in [1.29, 1.82) is 0 Å². The number of hydrogen-bond donors (Lipinski definition) is 0. The Bertz CT molecular complexity index is 611. The molecule has 0 aromatic rings. The van der Waals surface area contributed by atoms with Crippen LogP contribution in [0.25, 0.3) is 0 Å². The third-order valence-electron chi connectivity index (χ3n) is 9.45. The van der Waals surface area contributed by atoms with Gasteiger partial charge in [-0.15, -0.1) is 0 Å². The number of ether oxygens (including phenoxy) is 4. The van der Waals surface area contributed by atoms with Gasteiger partial charge >= 0.3 is 0 Å². The molecular weight excluding hydrogens is 340 g/mol. The van der Waals surface area contributed by atoms with Gasteiger partial charge in [0.2, 0.25) is 0 Å². The van der Waals surface area contributed by atoms with Crippen molar-refractivity contribution in [2.75, 3.05) is 19.8 Å². The van der Waals surface area contributed by atoms with Crippen LogP contribution in [0.15, 0.2) is 0 Å². The molecule has 0 aromatic carbocycles. The first-order valence-electron chi connectivity index (χ1n) is 11.2. The van der Waals surface area contributed by atoms with Crippen molar-refractivity contribution in [3.8, 4) is 0 Å². The van der Waals surface area contributed by atoms with Gasteiger partial charge in [-0.1, -0.05) is 20.8 Å². The van der Waals surface area contributed by atoms with E-state index in [2.05, 4.69) is 34.6 Å². The second-order valence-electron chi connectivity index (χ2n) is 11.3. The normalized spacial score (nSPS) is 57.0. The standard InChI is InChI=1S/C23H38O4/c1-16-6-7-17-20(4)14-25-19(2,3)26-18(20)8-9-21(17,5)23(16)11-10-22(27-23)12-13-24-15-22/h16-18H,6-15H2,1-5H3/t16-,17-,18-,20+,21+,22-,23-/m1/s1. The van der Waals surface area contributed by atoms with E-state index in [9.17, 15) is 0 Å². The summed E-state index contributed by atoms with van der Waals surface area (Å²) in [5.41, 5.74) is 0.250. The molecule has 0 unspecified atom stereocenters. The monoisotopic (exact) mass is 378 g/mol. The molecular formula is C23H38O4. The van der Waals surface area contributed by atoms with Gasteiger partial charge in [0.25, 0.3) is 0 Å². The Morgan fingerprint density at radius 3 is 2.41 bits per heavy atom. The first-order chi connectivity index (χ1) is 12.7. The molecule has 2 spiro atoms. The lowest BCUT2D eigenvalue weighted by molar-refractivity contribution is -0.358. The molecule has 5 rings (SSSR count). The number of hydrogen-bond acceptors (Lipinski definition) is 4. The van der Waals surface area contributed by atoms with Gasteiger partial charge in [-0.25, -0.2) is 0 Å². The third kappa shape index (κ3) is 2.42. The predicted molar refractivity (Wildman–Crippen MR) is 103 cm³/mol. The lowest BCUT2D eigenvalue weighted by Crippen LogP contribution is -2.68. The van der Waals surface area contributed by atoms with Crippen LogP contribution >= 0.6 is 0 Å². The fourth-order valence-electron chi connectivity index (χ4n) is 7.86. The summed E-state index contributed by atoms with van der Waals surface area (Å²) in [5.74, 6) is 0.751. The van der Waals surface area contributed by atoms with E-state index in [-0.39, 0.29) is 22.0 Å². The second kappa shape index (κ2) is 5.71. The molecule has 3 heterocycles. The summed E-state index contributed by atoms with van der Waals surface area (Å²) < 4.78 is 25.6. The first-order valence-corrected chi connectivity index (χ1v) is 11.2. The SMILES string of the molecule is C[C@@H]1CC[C@@H]2[C@]3(C)COC(C)(C)O[C@@H]3CC[C@]2(C)[C@@]12CC[C@]1(CCOC1)O2. The van der Waals surface area contributed by atoms with E-state index < -0.39 is 5.79 Å². The van der Waals surface area contributed by atoms with E-state index in [1.165, 1.54) is 32.1 Å². The molecule has 27 heavy (non-hydrogen) atoms. The van der Waals surface area contributed by atoms with Crippen LogP contribution in [0.4, 0.5) is 0 Å². The molecule has 2 saturated carbocycles. The van der Waals surface area contributed by atoms with Crippen LogP contribution in [0.1, 0.15) is 79.6 Å². The summed E-state index contributed by atoms with van der Waals surface area (Å²) in [4.78, 5) is 0. The quantitative estimate of drug-likeness (QED) is 0.612. The average molecular weight is 379 g/mol. The molecule has 154 valence electrons. The molecule has 4 heteroatoms. The van der Waals surface area contributed by atoms with Crippen LogP contribution < -0.4 is 0 Å². The lowest BCUT2D eigenvalue weighted by Gasteiger charge is -2.67. The maximum Gasteiger partial charge on any atom is 0.163 e. The van der Waals surface area contributed by atoms with Gasteiger partial charge in [-0.3, -0.25) is 0 Å². The molecule has 0 aromatic heterocycles. The molecule has 0 N–H and O–H groups in total. The minimum absolute atomic E-state index is 0.00936. The number of fused-ring (bicyclic) bond motifs is 4. The minimum atomic E-state index is -0.452. The topological polar surface area (TPSA) is 36.9 Å². The molecule has 2 aliphatic carbocycles. The zero-order valence-electron chi connectivity index (χ0n) is 17.9. The largest absolute Gasteiger partial charge is 0.378 e. The van der Waals surface area contributed by atoms with Crippen LogP contribution in [0, 0.1) is 22.7 Å². The van der Waals surface area contributed by atoms with E-state index in [0.29, 0.717) is 17.9 Å². The van der Waals surface area contributed by atoms with Crippen molar-refractivity contribution < 1.29 is 18.9 Å². The van der Waals surface area contributed by atoms with Crippen molar-refractivity contribution in [1.82, 2.24) is 0 Å². The summed E-state index contributed by atoms with van der Waals surface area (Å²) >= 11 is 0. The maximum absolute atomic E-state index is 7.18. The van der Waals surface area contributed by atoms with Gasteiger partial charge in [0.15, 0.2) is 5.79 Å². The van der Waals surface area contributed by atoms with Gasteiger partial charge in [0.05, 0.1) is 30.5 Å². The Hall–Kier alpha value is -0.160. The van der Waals surface area contributed by atoms with Gasteiger partial charge in [-0.05, 0) is 64.2 Å². The van der Waals surface area contributed by atoms with E-state index in [1.807, 2.05) is 0 Å². The zero-order chi connectivity index (χ0) is 19.1. The van der Waals surface area contributed by atoms with Crippen LogP contribution in [-0.2, 0) is 18.9 Å². The first kappa shape index (κ1) is 18.8. The summed E-state index contributed by atoms with van der Waals surface area (Å²) in [6.45, 7) is 14.0. The predicted octanol–water partition coefficient (Wildman–Crippen LogP) is 4.70. The lowest BCUT2D eigenvalue weighted by atomic mass is 9.43. The third-order valence-corrected chi connectivity index (χ3v) is 9.45. The number of rotatable bonds is 0. The summed E-state index contributed by atoms with van der Waals surface area (Å²) in [6, 6.07) is 0. The van der Waals surface area contributed by atoms with Crippen molar-refractivity contribution in [2.24, 2.45) is 22.7 Å². The highest BCUT2D eigenvalue weighted by molar-refractivity contribution is 5.18. The maximum atomic E-state index is 7.18. The molecule has 5 fully saturated rings.